The van der Waals surface area contributed by atoms with Crippen LogP contribution < -0.4 is 5.56 Å². The van der Waals surface area contributed by atoms with Gasteiger partial charge in [-0.05, 0) is 36.3 Å². The Morgan fingerprint density at radius 1 is 1.40 bits per heavy atom. The summed E-state index contributed by atoms with van der Waals surface area (Å²) < 4.78 is 0. The average molecular weight is 202 g/mol. The molecule has 0 aromatic carbocycles. The van der Waals surface area contributed by atoms with E-state index in [1.807, 2.05) is 6.07 Å². The highest BCUT2D eigenvalue weighted by Gasteiger charge is 2.23. The first kappa shape index (κ1) is 9.97. The highest BCUT2D eigenvalue weighted by atomic mass is 16.1. The second-order valence-corrected chi connectivity index (χ2v) is 4.37. The molecule has 0 amide bonds. The van der Waals surface area contributed by atoms with Gasteiger partial charge in [-0.2, -0.15) is 5.26 Å². The average Bonchev–Trinajstić information content (AvgIpc) is 2.23. The molecule has 1 aliphatic carbocycles. The van der Waals surface area contributed by atoms with Gasteiger partial charge in [0.2, 0.25) is 0 Å². The lowest BCUT2D eigenvalue weighted by molar-refractivity contribution is 0.513. The predicted octanol–water partition coefficient (Wildman–Crippen LogP) is 2.25. The van der Waals surface area contributed by atoms with Crippen molar-refractivity contribution in [3.05, 3.63) is 33.2 Å². The Labute approximate surface area is 88.8 Å². The van der Waals surface area contributed by atoms with E-state index < -0.39 is 0 Å². The van der Waals surface area contributed by atoms with Crippen molar-refractivity contribution in [1.82, 2.24) is 4.98 Å². The van der Waals surface area contributed by atoms with Crippen molar-refractivity contribution in [2.75, 3.05) is 0 Å². The number of aromatic nitrogens is 1. The fourth-order valence-electron chi connectivity index (χ4n) is 2.26. The number of aromatic amines is 1. The van der Waals surface area contributed by atoms with Crippen molar-refractivity contribution in [2.24, 2.45) is 0 Å². The van der Waals surface area contributed by atoms with Gasteiger partial charge in [-0.3, -0.25) is 4.79 Å². The summed E-state index contributed by atoms with van der Waals surface area (Å²) >= 11 is 0. The molecule has 1 aromatic rings. The van der Waals surface area contributed by atoms with Gasteiger partial charge in [-0.15, -0.1) is 0 Å². The van der Waals surface area contributed by atoms with Crippen LogP contribution in [-0.2, 0) is 0 Å². The largest absolute Gasteiger partial charge is 0.325 e. The first-order valence-corrected chi connectivity index (χ1v) is 5.30. The van der Waals surface area contributed by atoms with E-state index in [1.54, 1.807) is 6.07 Å². The molecular weight excluding hydrogens is 188 g/mol. The molecule has 0 saturated heterocycles. The Hall–Kier alpha value is -1.56. The summed E-state index contributed by atoms with van der Waals surface area (Å²) in [6, 6.07) is 3.70. The molecule has 2 atom stereocenters. The van der Waals surface area contributed by atoms with Gasteiger partial charge in [0.05, 0.1) is 0 Å². The van der Waals surface area contributed by atoms with E-state index in [0.717, 1.165) is 24.1 Å². The van der Waals surface area contributed by atoms with Gasteiger partial charge in [0.25, 0.3) is 5.56 Å². The summed E-state index contributed by atoms with van der Waals surface area (Å²) in [5, 5.41) is 8.80. The number of pyridine rings is 1. The third-order valence-electron chi connectivity index (χ3n) is 3.28. The Bertz CT molecular complexity index is 481. The number of nitriles is 1. The highest BCUT2D eigenvalue weighted by Crippen LogP contribution is 2.36. The number of nitrogens with zero attached hydrogens (tertiary/aromatic N) is 1. The van der Waals surface area contributed by atoms with Gasteiger partial charge in [-0.1, -0.05) is 13.8 Å². The third kappa shape index (κ3) is 1.56. The monoisotopic (exact) mass is 202 g/mol. The van der Waals surface area contributed by atoms with Crippen LogP contribution in [0.5, 0.6) is 0 Å². The molecule has 3 heteroatoms. The van der Waals surface area contributed by atoms with Crippen molar-refractivity contribution in [3.63, 3.8) is 0 Å². The molecule has 1 aromatic heterocycles. The number of H-pyrrole nitrogens is 1. The van der Waals surface area contributed by atoms with Crippen LogP contribution >= 0.6 is 0 Å². The lowest BCUT2D eigenvalue weighted by atomic mass is 9.81. The molecule has 2 unspecified atom stereocenters. The summed E-state index contributed by atoms with van der Waals surface area (Å²) in [5.41, 5.74) is 2.15. The number of nitrogens with one attached hydrogen (secondary N) is 1. The predicted molar refractivity (Wildman–Crippen MR) is 57.8 cm³/mol. The van der Waals surface area contributed by atoms with Crippen LogP contribution in [0.4, 0.5) is 0 Å². The molecule has 0 bridgehead atoms. The second kappa shape index (κ2) is 3.54. The molecule has 78 valence electrons. The van der Waals surface area contributed by atoms with Gasteiger partial charge in [0.1, 0.15) is 11.6 Å². The van der Waals surface area contributed by atoms with Gasteiger partial charge >= 0.3 is 0 Å². The van der Waals surface area contributed by atoms with Crippen LogP contribution in [-0.4, -0.2) is 4.98 Å². The molecule has 0 saturated carbocycles. The van der Waals surface area contributed by atoms with E-state index in [4.69, 9.17) is 5.26 Å². The maximum atomic E-state index is 11.5. The molecule has 0 aliphatic heterocycles. The topological polar surface area (TPSA) is 56.6 Å². The van der Waals surface area contributed by atoms with Crippen LogP contribution in [0.2, 0.25) is 0 Å². The summed E-state index contributed by atoms with van der Waals surface area (Å²) in [7, 11) is 0. The van der Waals surface area contributed by atoms with Crippen molar-refractivity contribution in [3.8, 4) is 6.07 Å². The van der Waals surface area contributed by atoms with Gasteiger partial charge in [0, 0.05) is 5.69 Å². The van der Waals surface area contributed by atoms with Crippen LogP contribution in [0.25, 0.3) is 0 Å². The summed E-state index contributed by atoms with van der Waals surface area (Å²) in [5.74, 6) is 0.844. The first-order chi connectivity index (χ1) is 7.13. The summed E-state index contributed by atoms with van der Waals surface area (Å²) in [6.07, 6.45) is 2.24. The summed E-state index contributed by atoms with van der Waals surface area (Å²) in [6.45, 7) is 4.26. The number of fused-ring (bicyclic) bond motifs is 1. The van der Waals surface area contributed by atoms with Crippen LogP contribution in [0.1, 0.15) is 55.3 Å². The fraction of sp³-hybridized carbons (Fsp3) is 0.500. The minimum atomic E-state index is -0.253. The number of hydrogen-bond donors (Lipinski definition) is 1. The van der Waals surface area contributed by atoms with E-state index >= 15 is 0 Å². The fourth-order valence-corrected chi connectivity index (χ4v) is 2.26. The molecule has 0 spiro atoms. The van der Waals surface area contributed by atoms with Crippen LogP contribution in [0.15, 0.2) is 10.9 Å². The standard InChI is InChI=1S/C12H14N2O/c1-7-3-4-8(2)11-10(7)5-9(6-13)12(15)14-11/h5,7-8H,3-4H2,1-2H3,(H,14,15). The highest BCUT2D eigenvalue weighted by molar-refractivity contribution is 5.37. The molecule has 1 heterocycles. The maximum Gasteiger partial charge on any atom is 0.266 e. The van der Waals surface area contributed by atoms with Crippen molar-refractivity contribution < 1.29 is 0 Å². The lowest BCUT2D eigenvalue weighted by Gasteiger charge is -2.26. The van der Waals surface area contributed by atoms with Gasteiger partial charge in [-0.25, -0.2) is 0 Å². The third-order valence-corrected chi connectivity index (χ3v) is 3.28. The minimum absolute atomic E-state index is 0.231. The van der Waals surface area contributed by atoms with Gasteiger partial charge in [0.15, 0.2) is 0 Å². The number of hydrogen-bond acceptors (Lipinski definition) is 2. The second-order valence-electron chi connectivity index (χ2n) is 4.37. The van der Waals surface area contributed by atoms with Crippen molar-refractivity contribution in [1.29, 1.82) is 5.26 Å². The Morgan fingerprint density at radius 3 is 2.73 bits per heavy atom. The molecule has 3 nitrogen and oxygen atoms in total. The molecule has 0 fully saturated rings. The number of rotatable bonds is 0. The van der Waals surface area contributed by atoms with E-state index in [9.17, 15) is 4.79 Å². The quantitative estimate of drug-likeness (QED) is 0.701. The molecule has 15 heavy (non-hydrogen) atoms. The van der Waals surface area contributed by atoms with Crippen LogP contribution in [0, 0.1) is 11.3 Å². The Balaban J connectivity index is 2.65. The van der Waals surface area contributed by atoms with E-state index in [2.05, 4.69) is 18.8 Å². The molecule has 1 N–H and O–H groups in total. The molecular formula is C12H14N2O. The smallest absolute Gasteiger partial charge is 0.266 e. The first-order valence-electron chi connectivity index (χ1n) is 5.30. The molecule has 2 rings (SSSR count). The zero-order valence-electron chi connectivity index (χ0n) is 9.00. The van der Waals surface area contributed by atoms with Gasteiger partial charge < -0.3 is 4.98 Å². The Kier molecular flexibility index (Phi) is 2.36. The van der Waals surface area contributed by atoms with E-state index in [1.165, 1.54) is 0 Å². The molecule has 1 aliphatic rings. The van der Waals surface area contributed by atoms with E-state index in [0.29, 0.717) is 11.8 Å². The zero-order chi connectivity index (χ0) is 11.0. The van der Waals surface area contributed by atoms with Crippen LogP contribution in [0.3, 0.4) is 0 Å². The molecule has 0 radical (unpaired) electrons. The van der Waals surface area contributed by atoms with E-state index in [-0.39, 0.29) is 11.1 Å². The lowest BCUT2D eigenvalue weighted by Crippen LogP contribution is -2.21. The maximum absolute atomic E-state index is 11.5. The van der Waals surface area contributed by atoms with Crippen molar-refractivity contribution >= 4 is 0 Å². The normalized spacial score (nSPS) is 24.3. The zero-order valence-corrected chi connectivity index (χ0v) is 9.00. The Morgan fingerprint density at radius 2 is 2.07 bits per heavy atom. The SMILES string of the molecule is CC1CCC(C)c2[nH]c(=O)c(C#N)cc21. The minimum Gasteiger partial charge on any atom is -0.325 e. The van der Waals surface area contributed by atoms with Crippen molar-refractivity contribution in [2.45, 2.75) is 38.5 Å². The summed E-state index contributed by atoms with van der Waals surface area (Å²) in [4.78, 5) is 14.3.